The van der Waals surface area contributed by atoms with Gasteiger partial charge in [0.05, 0.1) is 6.04 Å². The largest absolute Gasteiger partial charge is 0.385 e. The number of rotatable bonds is 7. The van der Waals surface area contributed by atoms with E-state index in [-0.39, 0.29) is 11.9 Å². The van der Waals surface area contributed by atoms with E-state index in [1.807, 2.05) is 41.1 Å². The van der Waals surface area contributed by atoms with Crippen molar-refractivity contribution in [3.05, 3.63) is 47.9 Å². The van der Waals surface area contributed by atoms with E-state index >= 15 is 0 Å². The Morgan fingerprint density at radius 2 is 2.28 bits per heavy atom. The SMILES string of the molecule is COCCCn1cnnc1[C@@H](C)NC(=O)c1cn2ccc(C)cc2n1. The first-order valence-electron chi connectivity index (χ1n) is 8.21. The minimum Gasteiger partial charge on any atom is -0.385 e. The molecule has 3 aromatic heterocycles. The Balaban J connectivity index is 1.70. The van der Waals surface area contributed by atoms with E-state index < -0.39 is 0 Å². The number of hydrogen-bond acceptors (Lipinski definition) is 5. The number of ether oxygens (including phenoxy) is 1. The van der Waals surface area contributed by atoms with E-state index in [0.29, 0.717) is 18.1 Å². The van der Waals surface area contributed by atoms with Gasteiger partial charge in [-0.25, -0.2) is 4.98 Å². The number of imidazole rings is 1. The number of aromatic nitrogens is 5. The Hall–Kier alpha value is -2.74. The summed E-state index contributed by atoms with van der Waals surface area (Å²) < 4.78 is 8.83. The number of amides is 1. The van der Waals surface area contributed by atoms with Gasteiger partial charge in [-0.3, -0.25) is 4.79 Å². The lowest BCUT2D eigenvalue weighted by Gasteiger charge is -2.14. The molecule has 0 saturated carbocycles. The molecule has 1 atom stereocenters. The summed E-state index contributed by atoms with van der Waals surface area (Å²) >= 11 is 0. The Kier molecular flexibility index (Phi) is 5.08. The molecule has 8 nitrogen and oxygen atoms in total. The molecule has 0 radical (unpaired) electrons. The van der Waals surface area contributed by atoms with E-state index in [1.165, 1.54) is 0 Å². The molecule has 0 fully saturated rings. The third-order valence-corrected chi connectivity index (χ3v) is 3.98. The Bertz CT molecular complexity index is 869. The highest BCUT2D eigenvalue weighted by Crippen LogP contribution is 2.12. The van der Waals surface area contributed by atoms with Gasteiger partial charge in [0.1, 0.15) is 17.7 Å². The number of nitrogens with one attached hydrogen (secondary N) is 1. The van der Waals surface area contributed by atoms with Crippen molar-refractivity contribution in [1.29, 1.82) is 0 Å². The summed E-state index contributed by atoms with van der Waals surface area (Å²) in [6.07, 6.45) is 6.14. The second kappa shape index (κ2) is 7.43. The summed E-state index contributed by atoms with van der Waals surface area (Å²) in [7, 11) is 1.67. The predicted molar refractivity (Wildman–Crippen MR) is 92.3 cm³/mol. The minimum atomic E-state index is -0.274. The van der Waals surface area contributed by atoms with Gasteiger partial charge < -0.3 is 19.0 Å². The van der Waals surface area contributed by atoms with E-state index in [0.717, 1.165) is 24.2 Å². The van der Waals surface area contributed by atoms with Crippen molar-refractivity contribution in [3.63, 3.8) is 0 Å². The van der Waals surface area contributed by atoms with Gasteiger partial charge in [0.25, 0.3) is 5.91 Å². The number of methoxy groups -OCH3 is 1. The zero-order chi connectivity index (χ0) is 17.8. The number of pyridine rings is 1. The molecule has 132 valence electrons. The van der Waals surface area contributed by atoms with Crippen LogP contribution in [0.2, 0.25) is 0 Å². The molecule has 0 saturated heterocycles. The zero-order valence-corrected chi connectivity index (χ0v) is 14.6. The predicted octanol–water partition coefficient (Wildman–Crippen LogP) is 1.76. The van der Waals surface area contributed by atoms with Crippen LogP contribution in [0.15, 0.2) is 30.9 Å². The molecule has 3 rings (SSSR count). The van der Waals surface area contributed by atoms with E-state index in [4.69, 9.17) is 4.74 Å². The molecule has 3 aromatic rings. The van der Waals surface area contributed by atoms with Crippen molar-refractivity contribution in [3.8, 4) is 0 Å². The summed E-state index contributed by atoms with van der Waals surface area (Å²) in [6.45, 7) is 5.28. The van der Waals surface area contributed by atoms with Crippen molar-refractivity contribution >= 4 is 11.6 Å². The third-order valence-electron chi connectivity index (χ3n) is 3.98. The number of hydrogen-bond donors (Lipinski definition) is 1. The fourth-order valence-electron chi connectivity index (χ4n) is 2.68. The van der Waals surface area contributed by atoms with E-state index in [9.17, 15) is 4.79 Å². The molecular weight excluding hydrogens is 320 g/mol. The van der Waals surface area contributed by atoms with Crippen molar-refractivity contribution < 1.29 is 9.53 Å². The maximum absolute atomic E-state index is 12.5. The second-order valence-electron chi connectivity index (χ2n) is 6.02. The molecule has 0 aliphatic heterocycles. The lowest BCUT2D eigenvalue weighted by Crippen LogP contribution is -2.29. The summed E-state index contributed by atoms with van der Waals surface area (Å²) in [5.41, 5.74) is 2.23. The summed E-state index contributed by atoms with van der Waals surface area (Å²) in [6, 6.07) is 3.64. The maximum Gasteiger partial charge on any atom is 0.272 e. The van der Waals surface area contributed by atoms with Crippen LogP contribution in [0.5, 0.6) is 0 Å². The first kappa shape index (κ1) is 17.1. The lowest BCUT2D eigenvalue weighted by molar-refractivity contribution is 0.0933. The lowest BCUT2D eigenvalue weighted by atomic mass is 10.3. The average Bonchev–Trinajstić information content (AvgIpc) is 3.21. The number of aryl methyl sites for hydroxylation is 2. The Labute approximate surface area is 145 Å². The number of nitrogens with zero attached hydrogens (tertiary/aromatic N) is 5. The first-order valence-corrected chi connectivity index (χ1v) is 8.21. The molecule has 1 amide bonds. The molecule has 0 bridgehead atoms. The monoisotopic (exact) mass is 342 g/mol. The van der Waals surface area contributed by atoms with Crippen LogP contribution in [0.4, 0.5) is 0 Å². The van der Waals surface area contributed by atoms with Crippen LogP contribution in [-0.2, 0) is 11.3 Å². The van der Waals surface area contributed by atoms with Gasteiger partial charge in [-0.15, -0.1) is 10.2 Å². The smallest absolute Gasteiger partial charge is 0.272 e. The average molecular weight is 342 g/mol. The van der Waals surface area contributed by atoms with Gasteiger partial charge in [-0.1, -0.05) is 0 Å². The molecule has 25 heavy (non-hydrogen) atoms. The Morgan fingerprint density at radius 3 is 3.08 bits per heavy atom. The van der Waals surface area contributed by atoms with Crippen molar-refractivity contribution in [1.82, 2.24) is 29.5 Å². The van der Waals surface area contributed by atoms with E-state index in [2.05, 4.69) is 20.5 Å². The third kappa shape index (κ3) is 3.85. The zero-order valence-electron chi connectivity index (χ0n) is 14.6. The van der Waals surface area contributed by atoms with Crippen LogP contribution in [0, 0.1) is 6.92 Å². The second-order valence-corrected chi connectivity index (χ2v) is 6.02. The van der Waals surface area contributed by atoms with Gasteiger partial charge in [0.15, 0.2) is 5.82 Å². The molecule has 8 heteroatoms. The topological polar surface area (TPSA) is 86.3 Å². The van der Waals surface area contributed by atoms with Gasteiger partial charge in [0.2, 0.25) is 0 Å². The highest BCUT2D eigenvalue weighted by Gasteiger charge is 2.18. The quantitative estimate of drug-likeness (QED) is 0.661. The maximum atomic E-state index is 12.5. The van der Waals surface area contributed by atoms with Crippen LogP contribution in [0.1, 0.15) is 41.3 Å². The van der Waals surface area contributed by atoms with Gasteiger partial charge in [0, 0.05) is 32.7 Å². The molecule has 3 heterocycles. The number of carbonyl (C=O) groups excluding carboxylic acids is 1. The fourth-order valence-corrected chi connectivity index (χ4v) is 2.68. The van der Waals surface area contributed by atoms with Gasteiger partial charge in [-0.2, -0.15) is 0 Å². The van der Waals surface area contributed by atoms with E-state index in [1.54, 1.807) is 19.6 Å². The molecular formula is C17H22N6O2. The van der Waals surface area contributed by atoms with Crippen LogP contribution in [0.3, 0.4) is 0 Å². The Morgan fingerprint density at radius 1 is 1.44 bits per heavy atom. The number of fused-ring (bicyclic) bond motifs is 1. The minimum absolute atomic E-state index is 0.236. The standard InChI is InChI=1S/C17H22N6O2/c1-12-5-7-22-10-14(20-15(22)9-12)17(24)19-13(2)16-21-18-11-23(16)6-4-8-25-3/h5,7,9-11,13H,4,6,8H2,1-3H3,(H,19,24)/t13-/m1/s1. The molecule has 0 unspecified atom stereocenters. The van der Waals surface area contributed by atoms with Crippen LogP contribution in [0.25, 0.3) is 5.65 Å². The van der Waals surface area contributed by atoms with Gasteiger partial charge in [-0.05, 0) is 38.0 Å². The summed E-state index contributed by atoms with van der Waals surface area (Å²) in [5.74, 6) is 0.476. The molecule has 0 aliphatic carbocycles. The molecule has 1 N–H and O–H groups in total. The van der Waals surface area contributed by atoms with Crippen LogP contribution in [-0.4, -0.2) is 43.8 Å². The van der Waals surface area contributed by atoms with Crippen molar-refractivity contribution in [2.45, 2.75) is 32.9 Å². The van der Waals surface area contributed by atoms with Gasteiger partial charge >= 0.3 is 0 Å². The molecule has 0 aliphatic rings. The number of carbonyl (C=O) groups is 1. The highest BCUT2D eigenvalue weighted by molar-refractivity contribution is 5.93. The fraction of sp³-hybridized carbons (Fsp3) is 0.412. The summed E-state index contributed by atoms with van der Waals surface area (Å²) in [5, 5.41) is 11.0. The highest BCUT2D eigenvalue weighted by atomic mass is 16.5. The first-order chi connectivity index (χ1) is 12.1. The van der Waals surface area contributed by atoms with Crippen LogP contribution < -0.4 is 5.32 Å². The molecule has 0 spiro atoms. The van der Waals surface area contributed by atoms with Crippen LogP contribution >= 0.6 is 0 Å². The van der Waals surface area contributed by atoms with Crippen molar-refractivity contribution in [2.75, 3.05) is 13.7 Å². The molecule has 0 aromatic carbocycles. The summed E-state index contributed by atoms with van der Waals surface area (Å²) in [4.78, 5) is 16.9. The normalized spacial score (nSPS) is 12.4. The van der Waals surface area contributed by atoms with Crippen molar-refractivity contribution in [2.24, 2.45) is 0 Å².